The Labute approximate surface area is 69.3 Å². The molecule has 2 heteroatoms. The Bertz CT molecular complexity index is 95.1. The van der Waals surface area contributed by atoms with E-state index >= 15 is 0 Å². The summed E-state index contributed by atoms with van der Waals surface area (Å²) in [6.45, 7) is 3.67. The van der Waals surface area contributed by atoms with E-state index in [1.807, 2.05) is 13.8 Å². The van der Waals surface area contributed by atoms with Crippen LogP contribution in [0.25, 0.3) is 0 Å². The van der Waals surface area contributed by atoms with Crippen molar-refractivity contribution in [2.45, 2.75) is 13.8 Å². The molecule has 0 atom stereocenters. The van der Waals surface area contributed by atoms with Gasteiger partial charge >= 0.3 is 0 Å². The van der Waals surface area contributed by atoms with Gasteiger partial charge in [0.05, 0.1) is 0 Å². The number of nitrogens with zero attached hydrogens (tertiary/aromatic N) is 1. The first-order valence-electron chi connectivity index (χ1n) is 1.72. The van der Waals surface area contributed by atoms with Gasteiger partial charge in [0.25, 0.3) is 0 Å². The van der Waals surface area contributed by atoms with Gasteiger partial charge in [0.15, 0.2) is 0 Å². The number of hydrogen-bond donors (Lipinski definition) is 0. The fourth-order valence-corrected chi connectivity index (χ4v) is 0.112. The van der Waals surface area contributed by atoms with Gasteiger partial charge in [-0.25, -0.2) is 10.8 Å². The Morgan fingerprint density at radius 1 is 1.57 bits per heavy atom. The topological polar surface area (TPSA) is 23.8 Å². The van der Waals surface area contributed by atoms with Crippen molar-refractivity contribution in [3.63, 3.8) is 0 Å². The summed E-state index contributed by atoms with van der Waals surface area (Å²) >= 11 is 0. The molecule has 35 valence electrons. The van der Waals surface area contributed by atoms with Crippen LogP contribution < -0.4 is 0 Å². The minimum atomic E-state index is 0. The van der Waals surface area contributed by atoms with E-state index in [9.17, 15) is 0 Å². The third-order valence-electron chi connectivity index (χ3n) is 0.306. The summed E-state index contributed by atoms with van der Waals surface area (Å²) in [4.78, 5) is 0. The minimum Gasteiger partial charge on any atom is -0.387 e. The molecular formula is C5H6NY-. The van der Waals surface area contributed by atoms with Crippen molar-refractivity contribution >= 4 is 0 Å². The van der Waals surface area contributed by atoms with Gasteiger partial charge in [-0.15, -0.1) is 6.07 Å². The van der Waals surface area contributed by atoms with Gasteiger partial charge in [0.2, 0.25) is 0 Å². The third kappa shape index (κ3) is 10.7. The molecule has 0 aliphatic carbocycles. The maximum absolute atomic E-state index is 7.85. The molecule has 0 unspecified atom stereocenters. The fraction of sp³-hybridized carbons (Fsp3) is 0.400. The molecule has 0 saturated heterocycles. The van der Waals surface area contributed by atoms with Gasteiger partial charge in [0.1, 0.15) is 0 Å². The number of rotatable bonds is 0. The van der Waals surface area contributed by atoms with Gasteiger partial charge in [-0.2, -0.15) is 0 Å². The van der Waals surface area contributed by atoms with E-state index < -0.39 is 0 Å². The van der Waals surface area contributed by atoms with Gasteiger partial charge in [-0.3, -0.25) is 0 Å². The third-order valence-corrected chi connectivity index (χ3v) is 0.306. The molecule has 0 saturated carbocycles. The summed E-state index contributed by atoms with van der Waals surface area (Å²) in [6.07, 6.45) is 2.43. The van der Waals surface area contributed by atoms with E-state index in [4.69, 9.17) is 5.26 Å². The summed E-state index contributed by atoms with van der Waals surface area (Å²) in [5.41, 5.74) is 0.928. The molecule has 0 aliphatic heterocycles. The molecule has 1 nitrogen and oxygen atoms in total. The molecule has 0 aliphatic rings. The molecule has 0 spiro atoms. The molecule has 0 N–H and O–H groups in total. The molecule has 0 rings (SSSR count). The van der Waals surface area contributed by atoms with Crippen LogP contribution in [0.15, 0.2) is 5.57 Å². The number of allylic oxidation sites excluding steroid dienone is 2. The van der Waals surface area contributed by atoms with Crippen LogP contribution in [0.4, 0.5) is 0 Å². The van der Waals surface area contributed by atoms with Crippen molar-refractivity contribution < 1.29 is 32.7 Å². The smallest absolute Gasteiger partial charge is 0 e. The van der Waals surface area contributed by atoms with E-state index in [1.54, 1.807) is 6.07 Å². The Morgan fingerprint density at radius 3 is 2.00 bits per heavy atom. The van der Waals surface area contributed by atoms with Crippen molar-refractivity contribution in [3.05, 3.63) is 11.6 Å². The van der Waals surface area contributed by atoms with Crippen molar-refractivity contribution in [1.29, 1.82) is 5.26 Å². The molecule has 7 heavy (non-hydrogen) atoms. The molecule has 0 aromatic heterocycles. The Kier molecular flexibility index (Phi) is 9.36. The second kappa shape index (κ2) is 6.33. The van der Waals surface area contributed by atoms with Crippen LogP contribution in [0.3, 0.4) is 0 Å². The number of nitriles is 1. The zero-order valence-corrected chi connectivity index (χ0v) is 7.36. The van der Waals surface area contributed by atoms with Crippen molar-refractivity contribution in [2.24, 2.45) is 0 Å². The quantitative estimate of drug-likeness (QED) is 0.395. The molecule has 0 heterocycles. The predicted molar refractivity (Wildman–Crippen MR) is 23.7 cm³/mol. The first kappa shape index (κ1) is 10.3. The Hall–Kier alpha value is 0.334. The maximum Gasteiger partial charge on any atom is 0 e. The molecular weight excluding hydrogens is 163 g/mol. The zero-order valence-electron chi connectivity index (χ0n) is 4.52. The van der Waals surface area contributed by atoms with Crippen LogP contribution in [-0.2, 0) is 32.7 Å². The van der Waals surface area contributed by atoms with Crippen LogP contribution in [0.2, 0.25) is 0 Å². The Balaban J connectivity index is 0. The van der Waals surface area contributed by atoms with Crippen molar-refractivity contribution in [2.75, 3.05) is 0 Å². The molecule has 1 radical (unpaired) electrons. The van der Waals surface area contributed by atoms with Gasteiger partial charge in [-0.05, 0) is 0 Å². The van der Waals surface area contributed by atoms with Crippen molar-refractivity contribution in [3.8, 4) is 6.07 Å². The molecule has 0 amide bonds. The monoisotopic (exact) mass is 169 g/mol. The van der Waals surface area contributed by atoms with Crippen LogP contribution in [0, 0.1) is 17.4 Å². The molecule has 0 aromatic carbocycles. The first-order valence-corrected chi connectivity index (χ1v) is 1.72. The summed E-state index contributed by atoms with van der Waals surface area (Å²) in [5.74, 6) is 0. The molecule has 0 bridgehead atoms. The van der Waals surface area contributed by atoms with E-state index in [1.165, 1.54) is 0 Å². The SMILES string of the molecule is CC(C)=[C-]C#N.[Y]. The zero-order chi connectivity index (χ0) is 4.99. The van der Waals surface area contributed by atoms with Crippen LogP contribution in [-0.4, -0.2) is 0 Å². The molecule has 0 fully saturated rings. The molecule has 0 aromatic rings. The largest absolute Gasteiger partial charge is 0.387 e. The summed E-state index contributed by atoms with van der Waals surface area (Å²) in [5, 5.41) is 7.85. The van der Waals surface area contributed by atoms with Crippen LogP contribution >= 0.6 is 0 Å². The second-order valence-corrected chi connectivity index (χ2v) is 1.24. The van der Waals surface area contributed by atoms with E-state index in [2.05, 4.69) is 6.08 Å². The number of hydrogen-bond acceptors (Lipinski definition) is 1. The fourth-order valence-electron chi connectivity index (χ4n) is 0.112. The summed E-state index contributed by atoms with van der Waals surface area (Å²) in [7, 11) is 0. The second-order valence-electron chi connectivity index (χ2n) is 1.24. The first-order chi connectivity index (χ1) is 2.77. The van der Waals surface area contributed by atoms with Crippen molar-refractivity contribution in [1.82, 2.24) is 0 Å². The van der Waals surface area contributed by atoms with Gasteiger partial charge in [0, 0.05) is 32.7 Å². The standard InChI is InChI=1S/C5H6N.Y/c1-5(2)3-4-6;/h1-2H3;/q-1;. The summed E-state index contributed by atoms with van der Waals surface area (Å²) < 4.78 is 0. The Morgan fingerprint density at radius 2 is 2.00 bits per heavy atom. The predicted octanol–water partition coefficient (Wildman–Crippen LogP) is 1.28. The average Bonchev–Trinajstić information content (AvgIpc) is 1.35. The average molecular weight is 169 g/mol. The van der Waals surface area contributed by atoms with Gasteiger partial charge in [-0.1, -0.05) is 13.8 Å². The van der Waals surface area contributed by atoms with E-state index in [-0.39, 0.29) is 32.7 Å². The normalized spacial score (nSPS) is 5.29. The minimum absolute atomic E-state index is 0. The van der Waals surface area contributed by atoms with E-state index in [0.717, 1.165) is 5.57 Å². The summed E-state index contributed by atoms with van der Waals surface area (Å²) in [6, 6.07) is 1.78. The van der Waals surface area contributed by atoms with Gasteiger partial charge < -0.3 is 6.08 Å². The van der Waals surface area contributed by atoms with E-state index in [0.29, 0.717) is 0 Å². The van der Waals surface area contributed by atoms with Crippen LogP contribution in [0.1, 0.15) is 13.8 Å². The van der Waals surface area contributed by atoms with Crippen LogP contribution in [0.5, 0.6) is 0 Å². The maximum atomic E-state index is 7.85.